The molecular weight excluding hydrogens is 241 g/mol. The first kappa shape index (κ1) is 13.4. The monoisotopic (exact) mass is 259 g/mol. The van der Waals surface area contributed by atoms with Crippen molar-refractivity contribution in [1.82, 2.24) is 0 Å². The zero-order valence-corrected chi connectivity index (χ0v) is 11.0. The Morgan fingerprint density at radius 3 is 2.32 bits per heavy atom. The maximum Gasteiger partial charge on any atom is 0.123 e. The van der Waals surface area contributed by atoms with Crippen LogP contribution in [0.1, 0.15) is 12.5 Å². The summed E-state index contributed by atoms with van der Waals surface area (Å²) in [6, 6.07) is 14.4. The van der Waals surface area contributed by atoms with Crippen LogP contribution in [-0.2, 0) is 6.42 Å². The second kappa shape index (κ2) is 6.78. The summed E-state index contributed by atoms with van der Waals surface area (Å²) in [5, 5.41) is 3.28. The molecule has 0 aliphatic heterocycles. The molecule has 0 unspecified atom stereocenters. The van der Waals surface area contributed by atoms with Crippen LogP contribution in [0.5, 0.6) is 5.75 Å². The molecule has 0 spiro atoms. The molecule has 3 heteroatoms. The number of ether oxygens (including phenoxy) is 1. The van der Waals surface area contributed by atoms with Crippen molar-refractivity contribution in [3.63, 3.8) is 0 Å². The minimum absolute atomic E-state index is 0.249. The topological polar surface area (TPSA) is 21.3 Å². The first-order valence-electron chi connectivity index (χ1n) is 6.49. The summed E-state index contributed by atoms with van der Waals surface area (Å²) in [5.41, 5.74) is 2.41. The normalized spacial score (nSPS) is 10.2. The van der Waals surface area contributed by atoms with E-state index < -0.39 is 0 Å². The largest absolute Gasteiger partial charge is 0.492 e. The predicted molar refractivity (Wildman–Crippen MR) is 76.2 cm³/mol. The number of hydrogen-bond acceptors (Lipinski definition) is 2. The lowest BCUT2D eigenvalue weighted by molar-refractivity contribution is 0.332. The summed E-state index contributed by atoms with van der Waals surface area (Å²) < 4.78 is 18.2. The van der Waals surface area contributed by atoms with Gasteiger partial charge >= 0.3 is 0 Å². The van der Waals surface area contributed by atoms with Gasteiger partial charge in [0.1, 0.15) is 18.2 Å². The molecule has 2 aromatic carbocycles. The van der Waals surface area contributed by atoms with Gasteiger partial charge in [-0.1, -0.05) is 19.1 Å². The van der Waals surface area contributed by atoms with E-state index in [1.165, 1.54) is 17.7 Å². The second-order valence-electron chi connectivity index (χ2n) is 4.28. The number of halogens is 1. The molecule has 2 aromatic rings. The molecule has 0 saturated carbocycles. The van der Waals surface area contributed by atoms with Crippen LogP contribution in [0.3, 0.4) is 0 Å². The fourth-order valence-corrected chi connectivity index (χ4v) is 1.75. The van der Waals surface area contributed by atoms with Crippen molar-refractivity contribution in [3.8, 4) is 5.75 Å². The molecule has 1 N–H and O–H groups in total. The molecule has 0 atom stereocenters. The number of aryl methyl sites for hydroxylation is 1. The molecule has 0 amide bonds. The summed E-state index contributed by atoms with van der Waals surface area (Å²) in [6.45, 7) is 3.39. The van der Waals surface area contributed by atoms with E-state index in [-0.39, 0.29) is 5.82 Å². The molecule has 0 heterocycles. The molecule has 0 fully saturated rings. The van der Waals surface area contributed by atoms with Gasteiger partial charge in [-0.15, -0.1) is 0 Å². The number of hydrogen-bond donors (Lipinski definition) is 1. The minimum atomic E-state index is -0.249. The average Bonchev–Trinajstić information content (AvgIpc) is 2.46. The van der Waals surface area contributed by atoms with Crippen molar-refractivity contribution < 1.29 is 9.13 Å². The van der Waals surface area contributed by atoms with Crippen LogP contribution in [0.25, 0.3) is 0 Å². The second-order valence-corrected chi connectivity index (χ2v) is 4.28. The van der Waals surface area contributed by atoms with Gasteiger partial charge in [0.25, 0.3) is 0 Å². The Bertz CT molecular complexity index is 493. The summed E-state index contributed by atoms with van der Waals surface area (Å²) in [5.74, 6) is 0.436. The maximum absolute atomic E-state index is 12.7. The van der Waals surface area contributed by atoms with E-state index >= 15 is 0 Å². The van der Waals surface area contributed by atoms with Crippen LogP contribution in [0.2, 0.25) is 0 Å². The van der Waals surface area contributed by atoms with Gasteiger partial charge in [-0.3, -0.25) is 0 Å². The van der Waals surface area contributed by atoms with Crippen LogP contribution in [0, 0.1) is 5.82 Å². The smallest absolute Gasteiger partial charge is 0.123 e. The van der Waals surface area contributed by atoms with Gasteiger partial charge in [-0.2, -0.15) is 0 Å². The quantitative estimate of drug-likeness (QED) is 0.795. The Morgan fingerprint density at radius 1 is 1.00 bits per heavy atom. The Kier molecular flexibility index (Phi) is 4.78. The lowest BCUT2D eigenvalue weighted by Gasteiger charge is -2.09. The Labute approximate surface area is 113 Å². The zero-order chi connectivity index (χ0) is 13.5. The van der Waals surface area contributed by atoms with E-state index in [9.17, 15) is 4.39 Å². The highest BCUT2D eigenvalue weighted by atomic mass is 19.1. The minimum Gasteiger partial charge on any atom is -0.492 e. The third-order valence-corrected chi connectivity index (χ3v) is 2.88. The van der Waals surface area contributed by atoms with E-state index in [4.69, 9.17) is 4.74 Å². The average molecular weight is 259 g/mol. The number of benzene rings is 2. The van der Waals surface area contributed by atoms with Crippen molar-refractivity contribution in [2.75, 3.05) is 18.5 Å². The molecule has 0 aliphatic rings. The van der Waals surface area contributed by atoms with Crippen molar-refractivity contribution in [2.45, 2.75) is 13.3 Å². The zero-order valence-electron chi connectivity index (χ0n) is 11.0. The van der Waals surface area contributed by atoms with E-state index in [1.807, 2.05) is 0 Å². The molecular formula is C16H18FNO. The molecule has 0 saturated heterocycles. The fraction of sp³-hybridized carbons (Fsp3) is 0.250. The molecule has 19 heavy (non-hydrogen) atoms. The molecule has 2 rings (SSSR count). The first-order chi connectivity index (χ1) is 9.28. The number of nitrogens with one attached hydrogen (secondary N) is 1. The first-order valence-corrected chi connectivity index (χ1v) is 6.49. The number of rotatable bonds is 6. The van der Waals surface area contributed by atoms with E-state index in [1.54, 1.807) is 12.1 Å². The van der Waals surface area contributed by atoms with Gasteiger partial charge in [0.2, 0.25) is 0 Å². The molecule has 0 bridgehead atoms. The van der Waals surface area contributed by atoms with Crippen LogP contribution in [0.4, 0.5) is 10.1 Å². The van der Waals surface area contributed by atoms with Crippen molar-refractivity contribution in [3.05, 3.63) is 59.9 Å². The van der Waals surface area contributed by atoms with Gasteiger partial charge in [0, 0.05) is 12.2 Å². The lowest BCUT2D eigenvalue weighted by Crippen LogP contribution is -2.11. The molecule has 100 valence electrons. The summed E-state index contributed by atoms with van der Waals surface area (Å²) >= 11 is 0. The fourth-order valence-electron chi connectivity index (χ4n) is 1.75. The third kappa shape index (κ3) is 4.28. The molecule has 0 radical (unpaired) electrons. The van der Waals surface area contributed by atoms with E-state index in [0.29, 0.717) is 18.9 Å². The maximum atomic E-state index is 12.7. The molecule has 0 aliphatic carbocycles. The number of anilines is 1. The van der Waals surface area contributed by atoms with Gasteiger partial charge in [-0.05, 0) is 48.4 Å². The van der Waals surface area contributed by atoms with Crippen LogP contribution in [0.15, 0.2) is 48.5 Å². The highest BCUT2D eigenvalue weighted by Crippen LogP contribution is 2.12. The standard InChI is InChI=1S/C16H18FNO/c1-2-13-3-7-15(8-4-13)18-11-12-19-16-9-5-14(17)6-10-16/h3-10,18H,2,11-12H2,1H3. The van der Waals surface area contributed by atoms with Crippen LogP contribution < -0.4 is 10.1 Å². The van der Waals surface area contributed by atoms with Gasteiger partial charge in [-0.25, -0.2) is 4.39 Å². The Morgan fingerprint density at radius 2 is 1.68 bits per heavy atom. The molecule has 2 nitrogen and oxygen atoms in total. The highest BCUT2D eigenvalue weighted by molar-refractivity contribution is 5.44. The lowest BCUT2D eigenvalue weighted by atomic mass is 10.1. The van der Waals surface area contributed by atoms with Crippen LogP contribution >= 0.6 is 0 Å². The SMILES string of the molecule is CCc1ccc(NCCOc2ccc(F)cc2)cc1. The summed E-state index contributed by atoms with van der Waals surface area (Å²) in [4.78, 5) is 0. The van der Waals surface area contributed by atoms with Crippen molar-refractivity contribution in [1.29, 1.82) is 0 Å². The van der Waals surface area contributed by atoms with Crippen molar-refractivity contribution >= 4 is 5.69 Å². The Hall–Kier alpha value is -2.03. The summed E-state index contributed by atoms with van der Waals surface area (Å²) in [6.07, 6.45) is 1.05. The van der Waals surface area contributed by atoms with Gasteiger partial charge in [0.05, 0.1) is 0 Å². The van der Waals surface area contributed by atoms with Gasteiger partial charge in [0.15, 0.2) is 0 Å². The summed E-state index contributed by atoms with van der Waals surface area (Å²) in [7, 11) is 0. The molecule has 0 aromatic heterocycles. The van der Waals surface area contributed by atoms with Crippen LogP contribution in [-0.4, -0.2) is 13.2 Å². The Balaban J connectivity index is 1.72. The van der Waals surface area contributed by atoms with E-state index in [2.05, 4.69) is 36.5 Å². The van der Waals surface area contributed by atoms with E-state index in [0.717, 1.165) is 12.1 Å². The predicted octanol–water partition coefficient (Wildman–Crippen LogP) is 3.88. The highest BCUT2D eigenvalue weighted by Gasteiger charge is 1.95. The third-order valence-electron chi connectivity index (χ3n) is 2.88. The van der Waals surface area contributed by atoms with Gasteiger partial charge < -0.3 is 10.1 Å². The van der Waals surface area contributed by atoms with Crippen molar-refractivity contribution in [2.24, 2.45) is 0 Å².